The molecule has 1 atom stereocenters. The van der Waals surface area contributed by atoms with E-state index < -0.39 is 0 Å². The standard InChI is InChI=1S/C23H28N2/c1-16(2)20-11-7-18(8-12-20)5-6-19-9-13-21(14-10-19)22-15-24-23(25-22)17(3)4/h5-14,16-17,22H,15H2,1-4H3,(H,24,25)/b6-5+. The first-order chi connectivity index (χ1) is 12.0. The molecule has 0 bridgehead atoms. The van der Waals surface area contributed by atoms with Crippen molar-refractivity contribution in [3.05, 3.63) is 70.8 Å². The van der Waals surface area contributed by atoms with Crippen molar-refractivity contribution in [1.29, 1.82) is 0 Å². The SMILES string of the molecule is CC(C)C1=NCC(c2ccc(/C=C/c3ccc(C(C)C)cc3)cc2)N1. The predicted octanol–water partition coefficient (Wildman–Crippen LogP) is 5.68. The Morgan fingerprint density at radius 2 is 1.40 bits per heavy atom. The van der Waals surface area contributed by atoms with Crippen molar-refractivity contribution in [2.24, 2.45) is 10.9 Å². The Labute approximate surface area is 151 Å². The van der Waals surface area contributed by atoms with Crippen LogP contribution in [-0.2, 0) is 0 Å². The average Bonchev–Trinajstić information content (AvgIpc) is 3.11. The molecule has 1 aliphatic rings. The lowest BCUT2D eigenvalue weighted by atomic mass is 10.0. The Hall–Kier alpha value is -2.35. The smallest absolute Gasteiger partial charge is 0.0995 e. The van der Waals surface area contributed by atoms with E-state index in [2.05, 4.69) is 98.7 Å². The third kappa shape index (κ3) is 4.39. The molecule has 1 aliphatic heterocycles. The number of hydrogen-bond donors (Lipinski definition) is 1. The van der Waals surface area contributed by atoms with Crippen LogP contribution in [0, 0.1) is 5.92 Å². The van der Waals surface area contributed by atoms with Crippen LogP contribution in [0.5, 0.6) is 0 Å². The number of benzene rings is 2. The van der Waals surface area contributed by atoms with Gasteiger partial charge in [-0.2, -0.15) is 0 Å². The first-order valence-electron chi connectivity index (χ1n) is 9.22. The van der Waals surface area contributed by atoms with Crippen molar-refractivity contribution in [2.75, 3.05) is 6.54 Å². The Kier molecular flexibility index (Phi) is 5.37. The highest BCUT2D eigenvalue weighted by atomic mass is 15.1. The maximum Gasteiger partial charge on any atom is 0.0995 e. The van der Waals surface area contributed by atoms with Gasteiger partial charge in [0, 0.05) is 5.92 Å². The molecule has 2 nitrogen and oxygen atoms in total. The van der Waals surface area contributed by atoms with Gasteiger partial charge in [0.25, 0.3) is 0 Å². The van der Waals surface area contributed by atoms with Gasteiger partial charge in [-0.3, -0.25) is 4.99 Å². The first kappa shape index (κ1) is 17.5. The van der Waals surface area contributed by atoms with E-state index >= 15 is 0 Å². The summed E-state index contributed by atoms with van der Waals surface area (Å²) in [5.41, 5.74) is 5.15. The van der Waals surface area contributed by atoms with Crippen LogP contribution in [0.4, 0.5) is 0 Å². The molecule has 0 aromatic heterocycles. The van der Waals surface area contributed by atoms with Gasteiger partial charge in [-0.05, 0) is 28.2 Å². The van der Waals surface area contributed by atoms with Gasteiger partial charge in [-0.1, -0.05) is 88.4 Å². The molecule has 2 aromatic rings. The summed E-state index contributed by atoms with van der Waals surface area (Å²) < 4.78 is 0. The van der Waals surface area contributed by atoms with Crippen molar-refractivity contribution in [3.8, 4) is 0 Å². The fraction of sp³-hybridized carbons (Fsp3) is 0.348. The van der Waals surface area contributed by atoms with E-state index in [1.807, 2.05) is 0 Å². The number of hydrogen-bond acceptors (Lipinski definition) is 2. The highest BCUT2D eigenvalue weighted by Gasteiger charge is 2.20. The van der Waals surface area contributed by atoms with Crippen LogP contribution in [-0.4, -0.2) is 12.4 Å². The number of amidine groups is 1. The van der Waals surface area contributed by atoms with Crippen molar-refractivity contribution < 1.29 is 0 Å². The summed E-state index contributed by atoms with van der Waals surface area (Å²) in [6, 6.07) is 17.9. The van der Waals surface area contributed by atoms with Gasteiger partial charge in [0.15, 0.2) is 0 Å². The number of nitrogens with one attached hydrogen (secondary N) is 1. The largest absolute Gasteiger partial charge is 0.365 e. The summed E-state index contributed by atoms with van der Waals surface area (Å²) in [6.45, 7) is 9.64. The van der Waals surface area contributed by atoms with Crippen LogP contribution < -0.4 is 5.32 Å². The highest BCUT2D eigenvalue weighted by molar-refractivity contribution is 5.86. The second-order valence-electron chi connectivity index (χ2n) is 7.40. The molecule has 0 aliphatic carbocycles. The monoisotopic (exact) mass is 332 g/mol. The summed E-state index contributed by atoms with van der Waals surface area (Å²) in [5.74, 6) is 2.17. The van der Waals surface area contributed by atoms with Gasteiger partial charge >= 0.3 is 0 Å². The average molecular weight is 332 g/mol. The molecule has 1 unspecified atom stereocenters. The molecular formula is C23H28N2. The molecule has 130 valence electrons. The maximum absolute atomic E-state index is 4.60. The molecule has 0 saturated heterocycles. The summed E-state index contributed by atoms with van der Waals surface area (Å²) in [4.78, 5) is 4.60. The second-order valence-corrected chi connectivity index (χ2v) is 7.40. The molecule has 0 amide bonds. The van der Waals surface area contributed by atoms with Crippen LogP contribution in [0.1, 0.15) is 61.9 Å². The van der Waals surface area contributed by atoms with Crippen molar-refractivity contribution >= 4 is 18.0 Å². The van der Waals surface area contributed by atoms with Gasteiger partial charge in [0.1, 0.15) is 0 Å². The highest BCUT2D eigenvalue weighted by Crippen LogP contribution is 2.21. The zero-order chi connectivity index (χ0) is 17.8. The summed E-state index contributed by atoms with van der Waals surface area (Å²) in [6.07, 6.45) is 4.35. The van der Waals surface area contributed by atoms with Gasteiger partial charge in [-0.15, -0.1) is 0 Å². The number of aliphatic imine (C=N–C) groups is 1. The van der Waals surface area contributed by atoms with Crippen molar-refractivity contribution in [1.82, 2.24) is 5.32 Å². The van der Waals surface area contributed by atoms with Crippen LogP contribution in [0.15, 0.2) is 53.5 Å². The molecule has 0 radical (unpaired) electrons. The molecule has 2 heteroatoms. The van der Waals surface area contributed by atoms with Crippen LogP contribution >= 0.6 is 0 Å². The Bertz CT molecular complexity index is 750. The lowest BCUT2D eigenvalue weighted by molar-refractivity contribution is 0.693. The van der Waals surface area contributed by atoms with E-state index in [0.29, 0.717) is 17.9 Å². The molecule has 0 fully saturated rings. The van der Waals surface area contributed by atoms with Gasteiger partial charge in [0.05, 0.1) is 18.4 Å². The summed E-state index contributed by atoms with van der Waals surface area (Å²) in [7, 11) is 0. The molecule has 0 saturated carbocycles. The van der Waals surface area contributed by atoms with E-state index in [9.17, 15) is 0 Å². The van der Waals surface area contributed by atoms with Crippen LogP contribution in [0.3, 0.4) is 0 Å². The van der Waals surface area contributed by atoms with Crippen molar-refractivity contribution in [2.45, 2.75) is 39.7 Å². The zero-order valence-electron chi connectivity index (χ0n) is 15.7. The lowest BCUT2D eigenvalue weighted by Crippen LogP contribution is -2.26. The topological polar surface area (TPSA) is 24.4 Å². The van der Waals surface area contributed by atoms with E-state index in [0.717, 1.165) is 12.4 Å². The van der Waals surface area contributed by atoms with Crippen molar-refractivity contribution in [3.63, 3.8) is 0 Å². The third-order valence-electron chi connectivity index (χ3n) is 4.72. The normalized spacial score (nSPS) is 17.4. The molecular weight excluding hydrogens is 304 g/mol. The zero-order valence-corrected chi connectivity index (χ0v) is 15.7. The Balaban J connectivity index is 1.63. The fourth-order valence-electron chi connectivity index (χ4n) is 3.02. The third-order valence-corrected chi connectivity index (χ3v) is 4.72. The maximum atomic E-state index is 4.60. The van der Waals surface area contributed by atoms with E-state index in [1.54, 1.807) is 0 Å². The quantitative estimate of drug-likeness (QED) is 0.700. The van der Waals surface area contributed by atoms with E-state index in [-0.39, 0.29) is 0 Å². The molecule has 3 rings (SSSR count). The Morgan fingerprint density at radius 1 is 0.840 bits per heavy atom. The van der Waals surface area contributed by atoms with Crippen LogP contribution in [0.25, 0.3) is 12.2 Å². The second kappa shape index (κ2) is 7.69. The van der Waals surface area contributed by atoms with E-state index in [1.165, 1.54) is 22.3 Å². The van der Waals surface area contributed by atoms with Crippen LogP contribution in [0.2, 0.25) is 0 Å². The fourth-order valence-corrected chi connectivity index (χ4v) is 3.02. The van der Waals surface area contributed by atoms with Gasteiger partial charge < -0.3 is 5.32 Å². The Morgan fingerprint density at radius 3 is 1.88 bits per heavy atom. The molecule has 2 aromatic carbocycles. The predicted molar refractivity (Wildman–Crippen MR) is 109 cm³/mol. The minimum absolute atomic E-state index is 0.319. The minimum Gasteiger partial charge on any atom is -0.365 e. The lowest BCUT2D eigenvalue weighted by Gasteiger charge is -2.14. The van der Waals surface area contributed by atoms with Gasteiger partial charge in [0.2, 0.25) is 0 Å². The number of rotatable bonds is 5. The van der Waals surface area contributed by atoms with E-state index in [4.69, 9.17) is 0 Å². The summed E-state index contributed by atoms with van der Waals surface area (Å²) in [5, 5.41) is 3.53. The molecule has 1 N–H and O–H groups in total. The minimum atomic E-state index is 0.319. The molecule has 0 spiro atoms. The molecule has 1 heterocycles. The summed E-state index contributed by atoms with van der Waals surface area (Å²) >= 11 is 0. The number of nitrogens with zero attached hydrogens (tertiary/aromatic N) is 1. The van der Waals surface area contributed by atoms with Gasteiger partial charge in [-0.25, -0.2) is 0 Å². The molecule has 25 heavy (non-hydrogen) atoms. The first-order valence-corrected chi connectivity index (χ1v) is 9.22.